The molecule has 0 spiro atoms. The van der Waals surface area contributed by atoms with Crippen LogP contribution in [0.1, 0.15) is 17.6 Å². The Morgan fingerprint density at radius 2 is 2.23 bits per heavy atom. The van der Waals surface area contributed by atoms with E-state index in [2.05, 4.69) is 4.98 Å². The summed E-state index contributed by atoms with van der Waals surface area (Å²) in [6, 6.07) is 1.18. The molecule has 3 nitrogen and oxygen atoms in total. The maximum Gasteiger partial charge on any atom is 0.267 e. The first-order chi connectivity index (χ1) is 6.06. The van der Waals surface area contributed by atoms with Crippen molar-refractivity contribution < 1.29 is 13.9 Å². The smallest absolute Gasteiger partial charge is 0.267 e. The number of halogens is 3. The Kier molecular flexibility index (Phi) is 3.37. The minimum atomic E-state index is -2.66. The molecule has 0 bridgehead atoms. The lowest BCUT2D eigenvalue weighted by molar-refractivity contribution is 0.151. The van der Waals surface area contributed by atoms with Crippen molar-refractivity contribution in [3.63, 3.8) is 0 Å². The van der Waals surface area contributed by atoms with Crippen molar-refractivity contribution in [3.05, 3.63) is 20.9 Å². The Bertz CT molecular complexity index is 320. The van der Waals surface area contributed by atoms with E-state index >= 15 is 0 Å². The second-order valence-corrected chi connectivity index (χ2v) is 3.39. The van der Waals surface area contributed by atoms with E-state index in [4.69, 9.17) is 10.8 Å². The molecule has 13 heavy (non-hydrogen) atoms. The van der Waals surface area contributed by atoms with Crippen LogP contribution in [0.3, 0.4) is 0 Å². The molecule has 0 atom stereocenters. The Hall–Kier alpha value is -0.500. The molecule has 0 aromatic carbocycles. The normalized spacial score (nSPS) is 10.8. The molecule has 0 radical (unpaired) electrons. The summed E-state index contributed by atoms with van der Waals surface area (Å²) in [5.41, 5.74) is 5.31. The molecule has 0 aliphatic heterocycles. The van der Waals surface area contributed by atoms with Crippen molar-refractivity contribution >= 4 is 28.4 Å². The zero-order valence-corrected chi connectivity index (χ0v) is 8.62. The Balaban J connectivity index is 3.22. The first kappa shape index (κ1) is 10.6. The van der Waals surface area contributed by atoms with Gasteiger partial charge in [0.1, 0.15) is 9.52 Å². The fourth-order valence-corrected chi connectivity index (χ4v) is 1.44. The lowest BCUT2D eigenvalue weighted by Crippen LogP contribution is -2.03. The summed E-state index contributed by atoms with van der Waals surface area (Å²) < 4.78 is 25.0. The number of nitrogen functional groups attached to an aromatic ring is 1. The molecule has 1 aromatic heterocycles. The maximum absolute atomic E-state index is 12.3. The van der Waals surface area contributed by atoms with E-state index in [9.17, 15) is 8.78 Å². The van der Waals surface area contributed by atoms with Gasteiger partial charge in [-0.15, -0.1) is 0 Å². The van der Waals surface area contributed by atoms with Crippen molar-refractivity contribution in [2.75, 3.05) is 5.73 Å². The van der Waals surface area contributed by atoms with E-state index in [-0.39, 0.29) is 18.0 Å². The third kappa shape index (κ3) is 2.25. The second kappa shape index (κ2) is 4.14. The van der Waals surface area contributed by atoms with E-state index < -0.39 is 6.43 Å². The summed E-state index contributed by atoms with van der Waals surface area (Å²) in [5.74, 6) is -0.184. The first-order valence-corrected chi connectivity index (χ1v) is 4.48. The summed E-state index contributed by atoms with van der Waals surface area (Å²) in [6.45, 7) is -0.314. The third-order valence-corrected chi connectivity index (χ3v) is 2.45. The van der Waals surface area contributed by atoms with Crippen molar-refractivity contribution in [1.29, 1.82) is 0 Å². The minimum absolute atomic E-state index is 0.184. The minimum Gasteiger partial charge on any atom is -0.392 e. The number of aliphatic hydroxyl groups excluding tert-OH is 1. The van der Waals surface area contributed by atoms with Crippen LogP contribution in [-0.2, 0) is 6.61 Å². The average molecular weight is 300 g/mol. The van der Waals surface area contributed by atoms with Crippen LogP contribution in [0.5, 0.6) is 0 Å². The number of rotatable bonds is 2. The van der Waals surface area contributed by atoms with E-state index in [1.165, 1.54) is 6.07 Å². The Morgan fingerprint density at radius 3 is 2.69 bits per heavy atom. The number of hydrogen-bond acceptors (Lipinski definition) is 3. The second-order valence-electron chi connectivity index (χ2n) is 2.37. The first-order valence-electron chi connectivity index (χ1n) is 3.40. The van der Waals surface area contributed by atoms with Gasteiger partial charge in [-0.2, -0.15) is 0 Å². The lowest BCUT2D eigenvalue weighted by Gasteiger charge is -2.07. The highest BCUT2D eigenvalue weighted by molar-refractivity contribution is 14.1. The molecule has 1 rings (SSSR count). The number of nitrogens with two attached hydrogens (primary N) is 1. The number of aliphatic hydroxyl groups is 1. The van der Waals surface area contributed by atoms with Gasteiger partial charge in [-0.05, 0) is 28.7 Å². The molecule has 0 amide bonds. The molecule has 72 valence electrons. The number of pyridine rings is 1. The van der Waals surface area contributed by atoms with E-state index in [1.54, 1.807) is 0 Å². The zero-order chi connectivity index (χ0) is 10.0. The summed E-state index contributed by atoms with van der Waals surface area (Å²) in [6.07, 6.45) is -2.66. The van der Waals surface area contributed by atoms with E-state index in [0.717, 1.165) is 0 Å². The van der Waals surface area contributed by atoms with Gasteiger partial charge in [-0.25, -0.2) is 13.8 Å². The van der Waals surface area contributed by atoms with Gasteiger partial charge in [0, 0.05) is 5.56 Å². The maximum atomic E-state index is 12.3. The monoisotopic (exact) mass is 300 g/mol. The molecule has 1 aromatic rings. The van der Waals surface area contributed by atoms with Gasteiger partial charge in [0.2, 0.25) is 0 Å². The molecule has 0 unspecified atom stereocenters. The van der Waals surface area contributed by atoms with Crippen molar-refractivity contribution in [2.45, 2.75) is 13.0 Å². The number of nitrogens with zero attached hydrogens (tertiary/aromatic N) is 1. The molecular weight excluding hydrogens is 293 g/mol. The van der Waals surface area contributed by atoms with Gasteiger partial charge in [0.15, 0.2) is 0 Å². The number of anilines is 1. The van der Waals surface area contributed by atoms with Gasteiger partial charge < -0.3 is 10.8 Å². The fourth-order valence-electron chi connectivity index (χ4n) is 0.849. The predicted molar refractivity (Wildman–Crippen MR) is 52.2 cm³/mol. The summed E-state index contributed by atoms with van der Waals surface area (Å²) >= 11 is 1.83. The van der Waals surface area contributed by atoms with Crippen LogP contribution >= 0.6 is 22.6 Å². The number of hydrogen-bond donors (Lipinski definition) is 2. The lowest BCUT2D eigenvalue weighted by atomic mass is 10.2. The predicted octanol–water partition coefficient (Wildman–Crippen LogP) is 1.70. The highest BCUT2D eigenvalue weighted by atomic mass is 127. The SMILES string of the molecule is Nc1nc(I)c(CO)cc1C(F)F. The molecule has 1 heterocycles. The zero-order valence-electron chi connectivity index (χ0n) is 6.47. The van der Waals surface area contributed by atoms with Gasteiger partial charge in [0.25, 0.3) is 6.43 Å². The van der Waals surface area contributed by atoms with Gasteiger partial charge in [0.05, 0.1) is 12.2 Å². The van der Waals surface area contributed by atoms with Crippen molar-refractivity contribution in [2.24, 2.45) is 0 Å². The van der Waals surface area contributed by atoms with Crippen LogP contribution in [0.25, 0.3) is 0 Å². The summed E-state index contributed by atoms with van der Waals surface area (Å²) in [4.78, 5) is 3.69. The highest BCUT2D eigenvalue weighted by Crippen LogP contribution is 2.26. The third-order valence-electron chi connectivity index (χ3n) is 1.51. The van der Waals surface area contributed by atoms with Crippen LogP contribution in [0, 0.1) is 3.70 Å². The molecule has 3 N–H and O–H groups in total. The van der Waals surface area contributed by atoms with Gasteiger partial charge in [-0.3, -0.25) is 0 Å². The fraction of sp³-hybridized carbons (Fsp3) is 0.286. The van der Waals surface area contributed by atoms with E-state index in [0.29, 0.717) is 9.26 Å². The quantitative estimate of drug-likeness (QED) is 0.645. The standard InChI is InChI=1S/C7H7F2IN2O/c8-5(9)4-1-3(2-13)6(10)12-7(4)11/h1,5,13H,2H2,(H2,11,12). The highest BCUT2D eigenvalue weighted by Gasteiger charge is 2.15. The van der Waals surface area contributed by atoms with Crippen molar-refractivity contribution in [1.82, 2.24) is 4.98 Å². The molecular formula is C7H7F2IN2O. The van der Waals surface area contributed by atoms with Crippen LogP contribution in [0.15, 0.2) is 6.07 Å². The number of aromatic nitrogens is 1. The van der Waals surface area contributed by atoms with Crippen LogP contribution in [0.2, 0.25) is 0 Å². The van der Waals surface area contributed by atoms with Crippen molar-refractivity contribution in [3.8, 4) is 0 Å². The van der Waals surface area contributed by atoms with Crippen LogP contribution in [-0.4, -0.2) is 10.1 Å². The summed E-state index contributed by atoms with van der Waals surface area (Å²) in [5, 5.41) is 8.79. The average Bonchev–Trinajstić information content (AvgIpc) is 2.03. The number of alkyl halides is 2. The molecule has 0 aliphatic carbocycles. The van der Waals surface area contributed by atoms with Gasteiger partial charge >= 0.3 is 0 Å². The molecule has 6 heteroatoms. The van der Waals surface area contributed by atoms with E-state index in [1.807, 2.05) is 22.6 Å². The molecule has 0 aliphatic rings. The van der Waals surface area contributed by atoms with Crippen LogP contribution in [0.4, 0.5) is 14.6 Å². The molecule has 0 fully saturated rings. The molecule has 0 saturated carbocycles. The Labute approximate surface area is 87.1 Å². The van der Waals surface area contributed by atoms with Crippen LogP contribution < -0.4 is 5.73 Å². The topological polar surface area (TPSA) is 59.1 Å². The summed E-state index contributed by atoms with van der Waals surface area (Å²) in [7, 11) is 0. The largest absolute Gasteiger partial charge is 0.392 e. The molecule has 0 saturated heterocycles. The van der Waals surface area contributed by atoms with Gasteiger partial charge in [-0.1, -0.05) is 0 Å². The Morgan fingerprint density at radius 1 is 1.62 bits per heavy atom.